The van der Waals surface area contributed by atoms with E-state index in [1.807, 2.05) is 68.4 Å². The molecule has 1 aromatic heterocycles. The van der Waals surface area contributed by atoms with Crippen molar-refractivity contribution >= 4 is 23.1 Å². The minimum Gasteiger partial charge on any atom is -0.492 e. The monoisotopic (exact) mass is 350 g/mol. The first-order valence-electron chi connectivity index (χ1n) is 8.61. The van der Waals surface area contributed by atoms with Crippen LogP contribution in [0.15, 0.2) is 60.8 Å². The van der Waals surface area contributed by atoms with E-state index < -0.39 is 0 Å². The van der Waals surface area contributed by atoms with E-state index in [9.17, 15) is 0 Å². The SMILES string of the molecule is CCOc1ccccc1Nc1ccnc(Nc2ccccc2OCC)n1. The number of para-hydroxylation sites is 4. The van der Waals surface area contributed by atoms with Crippen molar-refractivity contribution in [2.24, 2.45) is 0 Å². The van der Waals surface area contributed by atoms with Crippen molar-refractivity contribution in [2.75, 3.05) is 23.8 Å². The molecule has 2 aromatic carbocycles. The molecule has 3 aromatic rings. The Hall–Kier alpha value is -3.28. The summed E-state index contributed by atoms with van der Waals surface area (Å²) in [4.78, 5) is 8.81. The highest BCUT2D eigenvalue weighted by atomic mass is 16.5. The molecule has 0 saturated heterocycles. The first-order valence-corrected chi connectivity index (χ1v) is 8.61. The minimum absolute atomic E-state index is 0.482. The highest BCUT2D eigenvalue weighted by molar-refractivity contribution is 5.66. The number of aromatic nitrogens is 2. The zero-order valence-corrected chi connectivity index (χ0v) is 14.9. The lowest BCUT2D eigenvalue weighted by Crippen LogP contribution is -2.03. The van der Waals surface area contributed by atoms with Crippen LogP contribution < -0.4 is 20.1 Å². The Bertz CT molecular complexity index is 788. The molecule has 0 saturated carbocycles. The molecule has 0 spiro atoms. The summed E-state index contributed by atoms with van der Waals surface area (Å²) in [6.07, 6.45) is 1.70. The summed E-state index contributed by atoms with van der Waals surface area (Å²) < 4.78 is 11.3. The fourth-order valence-electron chi connectivity index (χ4n) is 2.45. The van der Waals surface area contributed by atoms with E-state index in [4.69, 9.17) is 9.47 Å². The van der Waals surface area contributed by atoms with Crippen molar-refractivity contribution in [3.63, 3.8) is 0 Å². The lowest BCUT2D eigenvalue weighted by Gasteiger charge is -2.13. The van der Waals surface area contributed by atoms with Crippen LogP contribution >= 0.6 is 0 Å². The van der Waals surface area contributed by atoms with Gasteiger partial charge in [0.15, 0.2) is 0 Å². The lowest BCUT2D eigenvalue weighted by atomic mass is 10.3. The first kappa shape index (κ1) is 17.5. The van der Waals surface area contributed by atoms with Gasteiger partial charge in [-0.15, -0.1) is 0 Å². The molecule has 0 aliphatic carbocycles. The number of hydrogen-bond donors (Lipinski definition) is 2. The number of anilines is 4. The van der Waals surface area contributed by atoms with Gasteiger partial charge in [0.05, 0.1) is 24.6 Å². The van der Waals surface area contributed by atoms with Crippen molar-refractivity contribution in [1.29, 1.82) is 0 Å². The van der Waals surface area contributed by atoms with Crippen LogP contribution in [0.3, 0.4) is 0 Å². The molecule has 0 fully saturated rings. The van der Waals surface area contributed by atoms with Crippen LogP contribution in [0, 0.1) is 0 Å². The minimum atomic E-state index is 0.482. The van der Waals surface area contributed by atoms with Crippen LogP contribution in [0.5, 0.6) is 11.5 Å². The van der Waals surface area contributed by atoms with Gasteiger partial charge in [-0.05, 0) is 44.2 Å². The highest BCUT2D eigenvalue weighted by Crippen LogP contribution is 2.28. The van der Waals surface area contributed by atoms with Crippen LogP contribution in [0.2, 0.25) is 0 Å². The number of nitrogens with one attached hydrogen (secondary N) is 2. The highest BCUT2D eigenvalue weighted by Gasteiger charge is 2.07. The van der Waals surface area contributed by atoms with E-state index in [2.05, 4.69) is 20.6 Å². The molecule has 26 heavy (non-hydrogen) atoms. The first-order chi connectivity index (χ1) is 12.8. The van der Waals surface area contributed by atoms with Gasteiger partial charge in [-0.1, -0.05) is 24.3 Å². The molecular formula is C20H22N4O2. The average Bonchev–Trinajstić information content (AvgIpc) is 2.66. The number of nitrogens with zero attached hydrogens (tertiary/aromatic N) is 2. The zero-order valence-electron chi connectivity index (χ0n) is 14.9. The quantitative estimate of drug-likeness (QED) is 0.610. The van der Waals surface area contributed by atoms with Crippen LogP contribution in [0.1, 0.15) is 13.8 Å². The van der Waals surface area contributed by atoms with Gasteiger partial charge in [-0.3, -0.25) is 0 Å². The van der Waals surface area contributed by atoms with E-state index in [0.29, 0.717) is 25.0 Å². The summed E-state index contributed by atoms with van der Waals surface area (Å²) in [5.74, 6) is 2.70. The van der Waals surface area contributed by atoms with Gasteiger partial charge in [-0.2, -0.15) is 4.98 Å². The molecule has 0 aliphatic heterocycles. The maximum atomic E-state index is 5.64. The van der Waals surface area contributed by atoms with E-state index >= 15 is 0 Å². The molecule has 134 valence electrons. The molecule has 0 atom stereocenters. The summed E-state index contributed by atoms with van der Waals surface area (Å²) >= 11 is 0. The second-order valence-electron chi connectivity index (χ2n) is 5.37. The topological polar surface area (TPSA) is 68.3 Å². The molecule has 0 bridgehead atoms. The van der Waals surface area contributed by atoms with Gasteiger partial charge in [0.2, 0.25) is 5.95 Å². The molecule has 6 heteroatoms. The maximum Gasteiger partial charge on any atom is 0.229 e. The van der Waals surface area contributed by atoms with E-state index in [-0.39, 0.29) is 0 Å². The predicted molar refractivity (Wildman–Crippen MR) is 104 cm³/mol. The average molecular weight is 350 g/mol. The van der Waals surface area contributed by atoms with Crippen LogP contribution in [0.4, 0.5) is 23.1 Å². The van der Waals surface area contributed by atoms with E-state index in [1.54, 1.807) is 6.20 Å². The summed E-state index contributed by atoms with van der Waals surface area (Å²) in [6, 6.07) is 17.3. The third-order valence-electron chi connectivity index (χ3n) is 3.54. The predicted octanol–water partition coefficient (Wildman–Crippen LogP) is 4.76. The molecule has 0 amide bonds. The molecular weight excluding hydrogens is 328 g/mol. The van der Waals surface area contributed by atoms with Crippen LogP contribution in [-0.2, 0) is 0 Å². The van der Waals surface area contributed by atoms with E-state index in [1.165, 1.54) is 0 Å². The van der Waals surface area contributed by atoms with Crippen molar-refractivity contribution in [2.45, 2.75) is 13.8 Å². The van der Waals surface area contributed by atoms with Crippen molar-refractivity contribution in [1.82, 2.24) is 9.97 Å². The summed E-state index contributed by atoms with van der Waals surface area (Å²) in [6.45, 7) is 5.10. The fourth-order valence-corrected chi connectivity index (χ4v) is 2.45. The van der Waals surface area contributed by atoms with Crippen LogP contribution in [-0.4, -0.2) is 23.2 Å². The van der Waals surface area contributed by atoms with Crippen molar-refractivity contribution < 1.29 is 9.47 Å². The molecule has 0 aliphatic rings. The standard InChI is InChI=1S/C20H22N4O2/c1-3-25-17-11-7-5-9-15(17)22-19-13-14-21-20(24-19)23-16-10-6-8-12-18(16)26-4-2/h5-14H,3-4H2,1-2H3,(H2,21,22,23,24). The Labute approximate surface area is 153 Å². The molecule has 2 N–H and O–H groups in total. The zero-order chi connectivity index (χ0) is 18.2. The van der Waals surface area contributed by atoms with Gasteiger partial charge in [-0.25, -0.2) is 4.98 Å². The molecule has 6 nitrogen and oxygen atoms in total. The second-order valence-corrected chi connectivity index (χ2v) is 5.37. The normalized spacial score (nSPS) is 10.2. The number of ether oxygens (including phenoxy) is 2. The third kappa shape index (κ3) is 4.42. The molecule has 1 heterocycles. The number of hydrogen-bond acceptors (Lipinski definition) is 6. The van der Waals surface area contributed by atoms with Gasteiger partial charge < -0.3 is 20.1 Å². The smallest absolute Gasteiger partial charge is 0.229 e. The Morgan fingerprint density at radius 2 is 1.35 bits per heavy atom. The largest absolute Gasteiger partial charge is 0.492 e. The van der Waals surface area contributed by atoms with E-state index in [0.717, 1.165) is 22.9 Å². The molecule has 3 rings (SSSR count). The molecule has 0 unspecified atom stereocenters. The molecule has 0 radical (unpaired) electrons. The third-order valence-corrected chi connectivity index (χ3v) is 3.54. The Balaban J connectivity index is 1.79. The van der Waals surface area contributed by atoms with Gasteiger partial charge in [0.25, 0.3) is 0 Å². The van der Waals surface area contributed by atoms with Gasteiger partial charge in [0, 0.05) is 6.20 Å². The summed E-state index contributed by atoms with van der Waals surface area (Å²) in [5.41, 5.74) is 1.68. The number of rotatable bonds is 8. The fraction of sp³-hybridized carbons (Fsp3) is 0.200. The van der Waals surface area contributed by atoms with Crippen LogP contribution in [0.25, 0.3) is 0 Å². The van der Waals surface area contributed by atoms with Crippen molar-refractivity contribution in [3.8, 4) is 11.5 Å². The summed E-state index contributed by atoms with van der Waals surface area (Å²) in [7, 11) is 0. The Kier molecular flexibility index (Phi) is 5.88. The second kappa shape index (κ2) is 8.71. The van der Waals surface area contributed by atoms with Crippen molar-refractivity contribution in [3.05, 3.63) is 60.8 Å². The van der Waals surface area contributed by atoms with Gasteiger partial charge >= 0.3 is 0 Å². The lowest BCUT2D eigenvalue weighted by molar-refractivity contribution is 0.342. The Morgan fingerprint density at radius 3 is 1.96 bits per heavy atom. The maximum absolute atomic E-state index is 5.64. The number of benzene rings is 2. The van der Waals surface area contributed by atoms with Gasteiger partial charge in [0.1, 0.15) is 17.3 Å². The Morgan fingerprint density at radius 1 is 0.769 bits per heavy atom. The summed E-state index contributed by atoms with van der Waals surface area (Å²) in [5, 5.41) is 6.48.